The molecule has 2 fully saturated rings. The van der Waals surface area contributed by atoms with Crippen LogP contribution in [0.5, 0.6) is 0 Å². The van der Waals surface area contributed by atoms with Gasteiger partial charge >= 0.3 is 0 Å². The fraction of sp³-hybridized carbons (Fsp3) is 0.250. The van der Waals surface area contributed by atoms with E-state index >= 15 is 0 Å². The third-order valence-corrected chi connectivity index (χ3v) is 7.66. The number of fused-ring (bicyclic) bond motifs is 1. The summed E-state index contributed by atoms with van der Waals surface area (Å²) in [7, 11) is 0. The summed E-state index contributed by atoms with van der Waals surface area (Å²) in [5.41, 5.74) is 3.54. The van der Waals surface area contributed by atoms with Gasteiger partial charge in [0.2, 0.25) is 5.95 Å². The molecule has 10 heteroatoms. The lowest BCUT2D eigenvalue weighted by molar-refractivity contribution is -0.115. The highest BCUT2D eigenvalue weighted by atomic mass is 32.2. The number of rotatable bonds is 7. The number of hydrogen-bond acceptors (Lipinski definition) is 9. The third kappa shape index (κ3) is 5.32. The molecule has 38 heavy (non-hydrogen) atoms. The van der Waals surface area contributed by atoms with Crippen LogP contribution in [0, 0.1) is 5.92 Å². The molecule has 2 aliphatic heterocycles. The van der Waals surface area contributed by atoms with Crippen LogP contribution in [-0.2, 0) is 11.3 Å². The van der Waals surface area contributed by atoms with Crippen LogP contribution in [0.15, 0.2) is 70.5 Å². The maximum Gasteiger partial charge on any atom is 0.290 e. The van der Waals surface area contributed by atoms with Crippen LogP contribution in [0.4, 0.5) is 10.7 Å². The standard InChI is InChI=1S/C28H26N6O3S/c35-26-25(38-28(36)33-26)14-21-5-9-30-27(31-21)34-10-6-18(7-11-34)15-29-16-24-22-4-2-1-3-19(22)13-23(32-24)20-8-12-37-17-20/h1-5,8-9,12-14,17-18,29H,6-7,10-11,15-16H2,(H,33,35,36). The van der Waals surface area contributed by atoms with Crippen LogP contribution < -0.4 is 15.5 Å². The monoisotopic (exact) mass is 526 g/mol. The molecule has 2 saturated heterocycles. The molecule has 6 rings (SSSR count). The molecule has 4 aromatic rings. The number of thioether (sulfide) groups is 1. The summed E-state index contributed by atoms with van der Waals surface area (Å²) in [6.45, 7) is 3.32. The molecule has 0 spiro atoms. The minimum atomic E-state index is -0.384. The number of nitrogens with one attached hydrogen (secondary N) is 2. The lowest BCUT2D eigenvalue weighted by Crippen LogP contribution is -2.38. The Hall–Kier alpha value is -4.02. The number of carbonyl (C=O) groups excluding carboxylic acids is 2. The van der Waals surface area contributed by atoms with Gasteiger partial charge in [-0.2, -0.15) is 0 Å². The van der Waals surface area contributed by atoms with Gasteiger partial charge in [-0.1, -0.05) is 24.3 Å². The summed E-state index contributed by atoms with van der Waals surface area (Å²) in [5, 5.41) is 7.87. The Morgan fingerprint density at radius 1 is 1.13 bits per heavy atom. The van der Waals surface area contributed by atoms with E-state index in [1.54, 1.807) is 30.9 Å². The molecule has 5 heterocycles. The summed E-state index contributed by atoms with van der Waals surface area (Å²) < 4.78 is 5.27. The molecule has 1 aromatic carbocycles. The van der Waals surface area contributed by atoms with Crippen molar-refractivity contribution in [2.45, 2.75) is 19.4 Å². The molecule has 0 saturated carbocycles. The van der Waals surface area contributed by atoms with E-state index in [0.29, 0.717) is 29.0 Å². The van der Waals surface area contributed by atoms with E-state index in [-0.39, 0.29) is 11.1 Å². The number of nitrogens with zero attached hydrogens (tertiary/aromatic N) is 4. The first-order valence-corrected chi connectivity index (χ1v) is 13.4. The van der Waals surface area contributed by atoms with Crippen molar-refractivity contribution in [3.8, 4) is 11.3 Å². The number of carbonyl (C=O) groups is 2. The molecule has 3 aromatic heterocycles. The molecule has 192 valence electrons. The Balaban J connectivity index is 1.06. The molecule has 0 atom stereocenters. The molecule has 0 aliphatic carbocycles. The van der Waals surface area contributed by atoms with Gasteiger partial charge < -0.3 is 14.6 Å². The molecule has 2 amide bonds. The number of amides is 2. The van der Waals surface area contributed by atoms with Gasteiger partial charge in [0.15, 0.2) is 0 Å². The number of benzene rings is 1. The Morgan fingerprint density at radius 3 is 2.79 bits per heavy atom. The number of pyridine rings is 1. The number of piperidine rings is 1. The van der Waals surface area contributed by atoms with Crippen LogP contribution in [-0.4, -0.2) is 45.7 Å². The quantitative estimate of drug-likeness (QED) is 0.333. The highest BCUT2D eigenvalue weighted by Gasteiger charge is 2.26. The number of imide groups is 1. The number of hydrogen-bond donors (Lipinski definition) is 2. The first-order valence-electron chi connectivity index (χ1n) is 12.6. The molecule has 0 unspecified atom stereocenters. The Labute approximate surface area is 223 Å². The van der Waals surface area contributed by atoms with Gasteiger partial charge in [0.25, 0.3) is 11.1 Å². The second-order valence-electron chi connectivity index (χ2n) is 9.38. The van der Waals surface area contributed by atoms with E-state index in [9.17, 15) is 9.59 Å². The lowest BCUT2D eigenvalue weighted by Gasteiger charge is -2.32. The van der Waals surface area contributed by atoms with E-state index in [4.69, 9.17) is 9.40 Å². The zero-order valence-electron chi connectivity index (χ0n) is 20.6. The number of anilines is 1. The fourth-order valence-corrected chi connectivity index (χ4v) is 5.51. The fourth-order valence-electron chi connectivity index (χ4n) is 4.85. The number of aromatic nitrogens is 3. The summed E-state index contributed by atoms with van der Waals surface area (Å²) >= 11 is 0.889. The summed E-state index contributed by atoms with van der Waals surface area (Å²) in [4.78, 5) is 39.8. The molecule has 2 aliphatic rings. The molecule has 0 bridgehead atoms. The van der Waals surface area contributed by atoms with Crippen molar-refractivity contribution < 1.29 is 14.0 Å². The topological polar surface area (TPSA) is 113 Å². The summed E-state index contributed by atoms with van der Waals surface area (Å²) in [6, 6.07) is 14.1. The minimum Gasteiger partial charge on any atom is -0.472 e. The van der Waals surface area contributed by atoms with Gasteiger partial charge in [0.05, 0.1) is 34.5 Å². The van der Waals surface area contributed by atoms with E-state index in [1.165, 1.54) is 5.39 Å². The normalized spacial score (nSPS) is 17.5. The van der Waals surface area contributed by atoms with Crippen LogP contribution in [0.1, 0.15) is 24.2 Å². The zero-order valence-corrected chi connectivity index (χ0v) is 21.4. The Kier molecular flexibility index (Phi) is 6.89. The Morgan fingerprint density at radius 2 is 2.00 bits per heavy atom. The second kappa shape index (κ2) is 10.8. The maximum atomic E-state index is 11.8. The van der Waals surface area contributed by atoms with Gasteiger partial charge in [-0.3, -0.25) is 19.9 Å². The number of furan rings is 1. The Bertz CT molecular complexity index is 1510. The van der Waals surface area contributed by atoms with E-state index in [2.05, 4.69) is 49.8 Å². The highest BCUT2D eigenvalue weighted by molar-refractivity contribution is 8.18. The van der Waals surface area contributed by atoms with Crippen molar-refractivity contribution in [2.24, 2.45) is 5.92 Å². The SMILES string of the molecule is O=C1NC(=O)C(=Cc2ccnc(N3CCC(CNCc4nc(-c5ccoc5)cc5ccccc45)CC3)n2)S1. The first kappa shape index (κ1) is 24.3. The van der Waals surface area contributed by atoms with E-state index < -0.39 is 0 Å². The van der Waals surface area contributed by atoms with Crippen LogP contribution >= 0.6 is 11.8 Å². The lowest BCUT2D eigenvalue weighted by atomic mass is 9.97. The smallest absolute Gasteiger partial charge is 0.290 e. The van der Waals surface area contributed by atoms with E-state index in [0.717, 1.165) is 66.6 Å². The minimum absolute atomic E-state index is 0.349. The average Bonchev–Trinajstić information content (AvgIpc) is 3.59. The summed E-state index contributed by atoms with van der Waals surface area (Å²) in [6.07, 6.45) is 8.77. The van der Waals surface area contributed by atoms with Gasteiger partial charge in [-0.25, -0.2) is 9.97 Å². The average molecular weight is 527 g/mol. The first-order chi connectivity index (χ1) is 18.6. The van der Waals surface area contributed by atoms with Crippen LogP contribution in [0.3, 0.4) is 0 Å². The molecule has 0 radical (unpaired) electrons. The second-order valence-corrected chi connectivity index (χ2v) is 10.4. The van der Waals surface area contributed by atoms with Crippen molar-refractivity contribution in [3.63, 3.8) is 0 Å². The highest BCUT2D eigenvalue weighted by Crippen LogP contribution is 2.27. The van der Waals surface area contributed by atoms with E-state index in [1.807, 2.05) is 12.1 Å². The third-order valence-electron chi connectivity index (χ3n) is 6.84. The van der Waals surface area contributed by atoms with Gasteiger partial charge in [0, 0.05) is 36.8 Å². The van der Waals surface area contributed by atoms with Crippen molar-refractivity contribution in [1.82, 2.24) is 25.6 Å². The zero-order chi connectivity index (χ0) is 25.9. The van der Waals surface area contributed by atoms with Crippen molar-refractivity contribution in [3.05, 3.63) is 77.5 Å². The van der Waals surface area contributed by atoms with Crippen molar-refractivity contribution in [2.75, 3.05) is 24.5 Å². The maximum absolute atomic E-state index is 11.8. The largest absolute Gasteiger partial charge is 0.472 e. The van der Waals surface area contributed by atoms with Crippen LogP contribution in [0.25, 0.3) is 28.1 Å². The van der Waals surface area contributed by atoms with Gasteiger partial charge in [-0.05, 0) is 66.7 Å². The van der Waals surface area contributed by atoms with Gasteiger partial charge in [-0.15, -0.1) is 0 Å². The predicted octanol–water partition coefficient (Wildman–Crippen LogP) is 4.61. The predicted molar refractivity (Wildman–Crippen MR) is 147 cm³/mol. The molecule has 2 N–H and O–H groups in total. The summed E-state index contributed by atoms with van der Waals surface area (Å²) in [5.74, 6) is 0.807. The van der Waals surface area contributed by atoms with Crippen molar-refractivity contribution >= 4 is 45.7 Å². The molecular weight excluding hydrogens is 500 g/mol. The van der Waals surface area contributed by atoms with Crippen molar-refractivity contribution in [1.29, 1.82) is 0 Å². The molecular formula is C28H26N6O3S. The van der Waals surface area contributed by atoms with Gasteiger partial charge in [0.1, 0.15) is 0 Å². The van der Waals surface area contributed by atoms with Crippen LogP contribution in [0.2, 0.25) is 0 Å². The molecule has 9 nitrogen and oxygen atoms in total.